The number of hydrogen-bond donors (Lipinski definition) is 2. The number of urea groups is 1. The molecule has 1 aromatic rings. The summed E-state index contributed by atoms with van der Waals surface area (Å²) >= 11 is 0. The molecule has 0 aliphatic carbocycles. The number of rotatable bonds is 4. The maximum atomic E-state index is 10.9. The van der Waals surface area contributed by atoms with Crippen LogP contribution >= 0.6 is 0 Å². The minimum Gasteiger partial charge on any atom is -0.352 e. The third kappa shape index (κ3) is 3.59. The van der Waals surface area contributed by atoms with Crippen molar-refractivity contribution in [3.8, 4) is 0 Å². The molecule has 1 aliphatic rings. The minimum absolute atomic E-state index is 0.0163. The molecule has 2 amide bonds. The number of nitrogens with zero attached hydrogens (tertiary/aromatic N) is 3. The highest BCUT2D eigenvalue weighted by molar-refractivity contribution is 5.71. The van der Waals surface area contributed by atoms with Crippen molar-refractivity contribution in [2.24, 2.45) is 5.73 Å². The van der Waals surface area contributed by atoms with Gasteiger partial charge in [0.05, 0.1) is 4.92 Å². The molecule has 21 heavy (non-hydrogen) atoms. The number of carbonyl (C=O) groups is 1. The molecule has 1 atom stereocenters. The van der Waals surface area contributed by atoms with Crippen LogP contribution in [0.5, 0.6) is 0 Å². The van der Waals surface area contributed by atoms with Crippen LogP contribution in [0, 0.1) is 17.0 Å². The molecule has 0 radical (unpaired) electrons. The molecule has 1 aliphatic heterocycles. The van der Waals surface area contributed by atoms with Gasteiger partial charge in [0.1, 0.15) is 11.5 Å². The van der Waals surface area contributed by atoms with E-state index < -0.39 is 11.0 Å². The first-order chi connectivity index (χ1) is 9.99. The van der Waals surface area contributed by atoms with Gasteiger partial charge in [-0.05, 0) is 32.3 Å². The van der Waals surface area contributed by atoms with E-state index in [1.807, 2.05) is 0 Å². The van der Waals surface area contributed by atoms with Crippen molar-refractivity contribution in [1.82, 2.24) is 10.3 Å². The number of piperidine rings is 1. The van der Waals surface area contributed by atoms with Gasteiger partial charge in [-0.1, -0.05) is 0 Å². The number of nitrogens with one attached hydrogen (secondary N) is 1. The van der Waals surface area contributed by atoms with Gasteiger partial charge in [-0.2, -0.15) is 0 Å². The van der Waals surface area contributed by atoms with E-state index in [0.717, 1.165) is 25.8 Å². The van der Waals surface area contributed by atoms with Gasteiger partial charge >= 0.3 is 6.03 Å². The Bertz CT molecular complexity index is 549. The van der Waals surface area contributed by atoms with E-state index in [9.17, 15) is 14.9 Å². The van der Waals surface area contributed by atoms with Gasteiger partial charge in [-0.15, -0.1) is 0 Å². The molecule has 3 N–H and O–H groups in total. The lowest BCUT2D eigenvalue weighted by atomic mass is 10.0. The van der Waals surface area contributed by atoms with Crippen LogP contribution in [-0.2, 0) is 0 Å². The normalized spacial score (nSPS) is 18.3. The highest BCUT2D eigenvalue weighted by Crippen LogP contribution is 2.26. The number of nitro groups is 1. The number of amides is 2. The number of primary amides is 1. The fraction of sp³-hybridized carbons (Fsp3) is 0.538. The molecular formula is C13H19N5O3. The Hall–Kier alpha value is -2.38. The number of nitrogens with two attached hydrogens (primary N) is 1. The molecule has 1 fully saturated rings. The van der Waals surface area contributed by atoms with Gasteiger partial charge in [-0.3, -0.25) is 10.1 Å². The molecule has 8 heteroatoms. The molecule has 0 saturated carbocycles. The summed E-state index contributed by atoms with van der Waals surface area (Å²) in [5.41, 5.74) is 5.52. The zero-order valence-corrected chi connectivity index (χ0v) is 11.9. The molecule has 8 nitrogen and oxygen atoms in total. The predicted molar refractivity (Wildman–Crippen MR) is 78.2 cm³/mol. The third-order valence-electron chi connectivity index (χ3n) is 3.67. The number of pyridine rings is 1. The molecule has 0 spiro atoms. The Balaban J connectivity index is 2.18. The van der Waals surface area contributed by atoms with Crippen LogP contribution in [0.25, 0.3) is 0 Å². The van der Waals surface area contributed by atoms with E-state index in [1.54, 1.807) is 13.0 Å². The highest BCUT2D eigenvalue weighted by Gasteiger charge is 2.25. The summed E-state index contributed by atoms with van der Waals surface area (Å²) in [6.07, 6.45) is 3.04. The van der Waals surface area contributed by atoms with Crippen molar-refractivity contribution in [3.63, 3.8) is 0 Å². The maximum Gasteiger partial charge on any atom is 0.312 e. The van der Waals surface area contributed by atoms with Crippen molar-refractivity contribution < 1.29 is 9.72 Å². The topological polar surface area (TPSA) is 114 Å². The van der Waals surface area contributed by atoms with Gasteiger partial charge in [0.2, 0.25) is 0 Å². The summed E-state index contributed by atoms with van der Waals surface area (Å²) in [5, 5.41) is 13.5. The fourth-order valence-electron chi connectivity index (χ4n) is 2.63. The van der Waals surface area contributed by atoms with Gasteiger partial charge in [0.25, 0.3) is 5.69 Å². The molecular weight excluding hydrogens is 274 g/mol. The van der Waals surface area contributed by atoms with Crippen LogP contribution in [0.3, 0.4) is 0 Å². The number of anilines is 1. The Labute approximate surface area is 122 Å². The second-order valence-corrected chi connectivity index (χ2v) is 5.12. The summed E-state index contributed by atoms with van der Waals surface area (Å²) in [5.74, 6) is 0.703. The molecule has 114 valence electrons. The number of aryl methyl sites for hydroxylation is 1. The quantitative estimate of drug-likeness (QED) is 0.642. The standard InChI is InChI=1S/C13H19N5O3/c1-9-11(18(20)21)5-6-12(16-9)17-7-3-2-4-10(17)8-15-13(14)19/h5-6,10H,2-4,7-8H2,1H3,(H3,14,15,19)/t10-/m0/s1. The SMILES string of the molecule is Cc1nc(N2CCCC[C@H]2CNC(N)=O)ccc1[N+](=O)[O-]. The Morgan fingerprint density at radius 2 is 2.33 bits per heavy atom. The summed E-state index contributed by atoms with van der Waals surface area (Å²) in [6.45, 7) is 2.89. The van der Waals surface area contributed by atoms with E-state index >= 15 is 0 Å². The van der Waals surface area contributed by atoms with Crippen LogP contribution in [0.2, 0.25) is 0 Å². The fourth-order valence-corrected chi connectivity index (χ4v) is 2.63. The molecule has 2 heterocycles. The van der Waals surface area contributed by atoms with Gasteiger partial charge in [0.15, 0.2) is 0 Å². The van der Waals surface area contributed by atoms with Gasteiger partial charge in [0, 0.05) is 25.2 Å². The van der Waals surface area contributed by atoms with Crippen LogP contribution in [-0.4, -0.2) is 35.1 Å². The van der Waals surface area contributed by atoms with Crippen molar-refractivity contribution in [3.05, 3.63) is 27.9 Å². The molecule has 0 unspecified atom stereocenters. The van der Waals surface area contributed by atoms with Crippen molar-refractivity contribution in [2.45, 2.75) is 32.2 Å². The van der Waals surface area contributed by atoms with Gasteiger partial charge in [-0.25, -0.2) is 9.78 Å². The lowest BCUT2D eigenvalue weighted by molar-refractivity contribution is -0.385. The minimum atomic E-state index is -0.548. The van der Waals surface area contributed by atoms with E-state index in [1.165, 1.54) is 6.07 Å². The van der Waals surface area contributed by atoms with E-state index in [-0.39, 0.29) is 11.7 Å². The van der Waals surface area contributed by atoms with Crippen LogP contribution in [0.4, 0.5) is 16.3 Å². The molecule has 0 bridgehead atoms. The third-order valence-corrected chi connectivity index (χ3v) is 3.67. The van der Waals surface area contributed by atoms with E-state index in [2.05, 4.69) is 15.2 Å². The van der Waals surface area contributed by atoms with E-state index in [4.69, 9.17) is 5.73 Å². The Morgan fingerprint density at radius 1 is 1.57 bits per heavy atom. The van der Waals surface area contributed by atoms with E-state index in [0.29, 0.717) is 18.1 Å². The second kappa shape index (κ2) is 6.38. The first-order valence-corrected chi connectivity index (χ1v) is 6.91. The molecule has 2 rings (SSSR count). The Kier molecular flexibility index (Phi) is 4.56. The largest absolute Gasteiger partial charge is 0.352 e. The van der Waals surface area contributed by atoms with Gasteiger partial charge < -0.3 is 16.0 Å². The highest BCUT2D eigenvalue weighted by atomic mass is 16.6. The smallest absolute Gasteiger partial charge is 0.312 e. The van der Waals surface area contributed by atoms with Crippen molar-refractivity contribution in [1.29, 1.82) is 0 Å². The number of carbonyl (C=O) groups excluding carboxylic acids is 1. The summed E-state index contributed by atoms with van der Waals surface area (Å²) in [7, 11) is 0. The second-order valence-electron chi connectivity index (χ2n) is 5.12. The molecule has 1 saturated heterocycles. The first kappa shape index (κ1) is 15.0. The van der Waals surface area contributed by atoms with Crippen LogP contribution < -0.4 is 16.0 Å². The zero-order chi connectivity index (χ0) is 15.4. The number of aromatic nitrogens is 1. The average molecular weight is 293 g/mol. The maximum absolute atomic E-state index is 10.9. The average Bonchev–Trinajstić information content (AvgIpc) is 2.45. The van der Waals surface area contributed by atoms with Crippen molar-refractivity contribution >= 4 is 17.5 Å². The van der Waals surface area contributed by atoms with Crippen LogP contribution in [0.1, 0.15) is 25.0 Å². The van der Waals surface area contributed by atoms with Crippen LogP contribution in [0.15, 0.2) is 12.1 Å². The van der Waals surface area contributed by atoms with Crippen molar-refractivity contribution in [2.75, 3.05) is 18.0 Å². The summed E-state index contributed by atoms with van der Waals surface area (Å²) in [6, 6.07) is 2.70. The Morgan fingerprint density at radius 3 is 2.95 bits per heavy atom. The molecule has 0 aromatic carbocycles. The lowest BCUT2D eigenvalue weighted by Gasteiger charge is -2.36. The first-order valence-electron chi connectivity index (χ1n) is 6.91. The summed E-state index contributed by atoms with van der Waals surface area (Å²) in [4.78, 5) is 27.7. The zero-order valence-electron chi connectivity index (χ0n) is 11.9. The number of hydrogen-bond acceptors (Lipinski definition) is 5. The molecule has 1 aromatic heterocycles. The predicted octanol–water partition coefficient (Wildman–Crippen LogP) is 1.33. The summed E-state index contributed by atoms with van der Waals surface area (Å²) < 4.78 is 0. The lowest BCUT2D eigenvalue weighted by Crippen LogP contribution is -2.48. The monoisotopic (exact) mass is 293 g/mol.